The summed E-state index contributed by atoms with van der Waals surface area (Å²) < 4.78 is 5.24. The van der Waals surface area contributed by atoms with Crippen molar-refractivity contribution in [2.24, 2.45) is 0 Å². The van der Waals surface area contributed by atoms with Crippen molar-refractivity contribution in [1.82, 2.24) is 20.8 Å². The molecule has 1 aromatic heterocycles. The average molecular weight is 367 g/mol. The first-order valence-corrected chi connectivity index (χ1v) is 8.44. The molecule has 0 aliphatic heterocycles. The van der Waals surface area contributed by atoms with Crippen LogP contribution in [-0.4, -0.2) is 36.2 Å². The maximum atomic E-state index is 11.7. The summed E-state index contributed by atoms with van der Waals surface area (Å²) in [6.07, 6.45) is 1.72. The monoisotopic (exact) mass is 366 g/mol. The maximum absolute atomic E-state index is 11.7. The van der Waals surface area contributed by atoms with E-state index in [0.717, 1.165) is 18.5 Å². The van der Waals surface area contributed by atoms with E-state index >= 15 is 0 Å². The van der Waals surface area contributed by atoms with Crippen molar-refractivity contribution < 1.29 is 9.32 Å². The molecule has 0 unspecified atom stereocenters. The highest BCUT2D eigenvalue weighted by atomic mass is 35.5. The first-order valence-electron chi connectivity index (χ1n) is 8.44. The van der Waals surface area contributed by atoms with Gasteiger partial charge in [-0.1, -0.05) is 43.3 Å². The van der Waals surface area contributed by atoms with Gasteiger partial charge in [-0.05, 0) is 31.5 Å². The third kappa shape index (κ3) is 6.84. The van der Waals surface area contributed by atoms with E-state index in [-0.39, 0.29) is 18.3 Å². The standard InChI is InChI=1S/C18H26N4O2.ClH/c1-13(2)14-5-7-15(8-6-14)18-21-17(24-22-18)10-9-16(23)20-12-4-11-19-3;/h5-8,13,19H,4,9-12H2,1-3H3,(H,20,23);1H. The lowest BCUT2D eigenvalue weighted by Crippen LogP contribution is -2.26. The number of amides is 1. The number of nitrogens with one attached hydrogen (secondary N) is 2. The number of aromatic nitrogens is 2. The second kappa shape index (κ2) is 10.8. The van der Waals surface area contributed by atoms with Crippen molar-refractivity contribution in [3.63, 3.8) is 0 Å². The minimum atomic E-state index is 0. The van der Waals surface area contributed by atoms with Crippen LogP contribution in [0.2, 0.25) is 0 Å². The van der Waals surface area contributed by atoms with Gasteiger partial charge < -0.3 is 15.2 Å². The van der Waals surface area contributed by atoms with Gasteiger partial charge in [-0.25, -0.2) is 0 Å². The van der Waals surface area contributed by atoms with Crippen molar-refractivity contribution in [2.45, 2.75) is 39.0 Å². The van der Waals surface area contributed by atoms with Gasteiger partial charge in [-0.15, -0.1) is 12.4 Å². The molecule has 0 atom stereocenters. The number of hydrogen-bond donors (Lipinski definition) is 2. The fourth-order valence-electron chi connectivity index (χ4n) is 2.29. The van der Waals surface area contributed by atoms with Gasteiger partial charge in [-0.2, -0.15) is 4.98 Å². The van der Waals surface area contributed by atoms with Crippen LogP contribution >= 0.6 is 12.4 Å². The lowest BCUT2D eigenvalue weighted by atomic mass is 10.0. The molecule has 0 aliphatic rings. The molecule has 6 nitrogen and oxygen atoms in total. The minimum absolute atomic E-state index is 0. The molecule has 1 aromatic carbocycles. The summed E-state index contributed by atoms with van der Waals surface area (Å²) in [5, 5.41) is 9.92. The summed E-state index contributed by atoms with van der Waals surface area (Å²) in [5.74, 6) is 1.55. The molecule has 2 N–H and O–H groups in total. The van der Waals surface area contributed by atoms with Gasteiger partial charge in [0.05, 0.1) is 0 Å². The van der Waals surface area contributed by atoms with Gasteiger partial charge in [-0.3, -0.25) is 4.79 Å². The number of rotatable bonds is 9. The van der Waals surface area contributed by atoms with Crippen molar-refractivity contribution in [3.05, 3.63) is 35.7 Å². The molecule has 25 heavy (non-hydrogen) atoms. The number of halogens is 1. The molecule has 1 heterocycles. The van der Waals surface area contributed by atoms with Gasteiger partial charge in [0.25, 0.3) is 0 Å². The topological polar surface area (TPSA) is 80.0 Å². The zero-order valence-electron chi connectivity index (χ0n) is 15.0. The molecule has 0 radical (unpaired) electrons. The van der Waals surface area contributed by atoms with E-state index in [0.29, 0.717) is 37.0 Å². The van der Waals surface area contributed by atoms with Crippen LogP contribution in [0.3, 0.4) is 0 Å². The fraction of sp³-hybridized carbons (Fsp3) is 0.500. The molecule has 0 aliphatic carbocycles. The Balaban J connectivity index is 0.00000312. The summed E-state index contributed by atoms with van der Waals surface area (Å²) >= 11 is 0. The zero-order valence-corrected chi connectivity index (χ0v) is 15.9. The maximum Gasteiger partial charge on any atom is 0.227 e. The van der Waals surface area contributed by atoms with Gasteiger partial charge in [0.1, 0.15) is 0 Å². The van der Waals surface area contributed by atoms with Crippen molar-refractivity contribution >= 4 is 18.3 Å². The molecule has 2 aromatic rings. The van der Waals surface area contributed by atoms with E-state index in [1.54, 1.807) is 0 Å². The highest BCUT2D eigenvalue weighted by Crippen LogP contribution is 2.20. The van der Waals surface area contributed by atoms with Crippen molar-refractivity contribution in [3.8, 4) is 11.4 Å². The first kappa shape index (κ1) is 21.1. The Morgan fingerprint density at radius 3 is 2.56 bits per heavy atom. The van der Waals surface area contributed by atoms with Crippen LogP contribution in [0.1, 0.15) is 44.1 Å². The second-order valence-corrected chi connectivity index (χ2v) is 6.10. The predicted molar refractivity (Wildman–Crippen MR) is 101 cm³/mol. The minimum Gasteiger partial charge on any atom is -0.356 e. The van der Waals surface area contributed by atoms with Gasteiger partial charge in [0.2, 0.25) is 17.6 Å². The van der Waals surface area contributed by atoms with Crippen LogP contribution in [0.25, 0.3) is 11.4 Å². The van der Waals surface area contributed by atoms with E-state index in [4.69, 9.17) is 4.52 Å². The molecule has 2 rings (SSSR count). The summed E-state index contributed by atoms with van der Waals surface area (Å²) in [6, 6.07) is 8.15. The normalized spacial score (nSPS) is 10.6. The molecular formula is C18H27ClN4O2. The zero-order chi connectivity index (χ0) is 17.4. The number of nitrogens with zero attached hydrogens (tertiary/aromatic N) is 2. The Bertz CT molecular complexity index is 641. The first-order chi connectivity index (χ1) is 11.6. The van der Waals surface area contributed by atoms with E-state index < -0.39 is 0 Å². The number of benzene rings is 1. The molecule has 0 spiro atoms. The third-order valence-corrected chi connectivity index (χ3v) is 3.80. The van der Waals surface area contributed by atoms with Crippen LogP contribution in [0.4, 0.5) is 0 Å². The van der Waals surface area contributed by atoms with E-state index in [2.05, 4.69) is 46.8 Å². The summed E-state index contributed by atoms with van der Waals surface area (Å²) in [6.45, 7) is 5.89. The van der Waals surface area contributed by atoms with Crippen LogP contribution in [-0.2, 0) is 11.2 Å². The molecule has 0 saturated heterocycles. The summed E-state index contributed by atoms with van der Waals surface area (Å²) in [5.41, 5.74) is 2.20. The fourth-order valence-corrected chi connectivity index (χ4v) is 2.29. The Hall–Kier alpha value is -1.92. The van der Waals surface area contributed by atoms with Crippen molar-refractivity contribution in [2.75, 3.05) is 20.1 Å². The van der Waals surface area contributed by atoms with E-state index in [9.17, 15) is 4.79 Å². The Labute approximate surface area is 155 Å². The van der Waals surface area contributed by atoms with E-state index in [1.165, 1.54) is 5.56 Å². The smallest absolute Gasteiger partial charge is 0.227 e. The van der Waals surface area contributed by atoms with E-state index in [1.807, 2.05) is 19.2 Å². The quantitative estimate of drug-likeness (QED) is 0.667. The lowest BCUT2D eigenvalue weighted by molar-refractivity contribution is -0.121. The highest BCUT2D eigenvalue weighted by molar-refractivity contribution is 5.85. The number of aryl methyl sites for hydroxylation is 1. The van der Waals surface area contributed by atoms with Crippen LogP contribution < -0.4 is 10.6 Å². The second-order valence-electron chi connectivity index (χ2n) is 6.10. The van der Waals surface area contributed by atoms with Crippen LogP contribution in [0.5, 0.6) is 0 Å². The number of carbonyl (C=O) groups is 1. The Morgan fingerprint density at radius 1 is 1.20 bits per heavy atom. The Morgan fingerprint density at radius 2 is 1.92 bits per heavy atom. The van der Waals surface area contributed by atoms with Gasteiger partial charge in [0.15, 0.2) is 0 Å². The molecule has 0 fully saturated rings. The molecule has 0 saturated carbocycles. The highest BCUT2D eigenvalue weighted by Gasteiger charge is 2.11. The number of carbonyl (C=O) groups excluding carboxylic acids is 1. The molecule has 0 bridgehead atoms. The lowest BCUT2D eigenvalue weighted by Gasteiger charge is -2.04. The van der Waals surface area contributed by atoms with Gasteiger partial charge in [0, 0.05) is 24.9 Å². The predicted octanol–water partition coefficient (Wildman–Crippen LogP) is 2.94. The van der Waals surface area contributed by atoms with Gasteiger partial charge >= 0.3 is 0 Å². The molecule has 138 valence electrons. The Kier molecular flexibility index (Phi) is 9.16. The summed E-state index contributed by atoms with van der Waals surface area (Å²) in [7, 11) is 1.89. The summed E-state index contributed by atoms with van der Waals surface area (Å²) in [4.78, 5) is 16.1. The average Bonchev–Trinajstić information content (AvgIpc) is 3.06. The van der Waals surface area contributed by atoms with Crippen molar-refractivity contribution in [1.29, 1.82) is 0 Å². The van der Waals surface area contributed by atoms with Crippen LogP contribution in [0, 0.1) is 0 Å². The SMILES string of the molecule is CNCCCNC(=O)CCc1nc(-c2ccc(C(C)C)cc2)no1.Cl. The largest absolute Gasteiger partial charge is 0.356 e. The number of hydrogen-bond acceptors (Lipinski definition) is 5. The molecule has 1 amide bonds. The third-order valence-electron chi connectivity index (χ3n) is 3.80. The van der Waals surface area contributed by atoms with Crippen LogP contribution in [0.15, 0.2) is 28.8 Å². The molecular weight excluding hydrogens is 340 g/mol. The molecule has 7 heteroatoms.